The lowest BCUT2D eigenvalue weighted by Gasteiger charge is -2.09. The molecule has 12 heteroatoms. The van der Waals surface area contributed by atoms with E-state index in [4.69, 9.17) is 9.97 Å². The SMILES string of the molecule is OCCc1cc(-c2c3nc(c(-c4ccnc(CCO)c4)c4ccc([nH]4)c(-c4ccnc(CCO)c4)c4nc(c(-c5ccnc(CCO)c5)c5ccc2[nH]5)C=C4)C=C3)ccn1. The second-order valence-electron chi connectivity index (χ2n) is 14.5. The number of aromatic amines is 2. The lowest BCUT2D eigenvalue weighted by atomic mass is 10.0. The summed E-state index contributed by atoms with van der Waals surface area (Å²) >= 11 is 0. The third-order valence-corrected chi connectivity index (χ3v) is 10.6. The van der Waals surface area contributed by atoms with Gasteiger partial charge < -0.3 is 30.4 Å². The van der Waals surface area contributed by atoms with Gasteiger partial charge in [-0.15, -0.1) is 0 Å². The third kappa shape index (κ3) is 7.68. The van der Waals surface area contributed by atoms with Crippen LogP contribution in [0.25, 0.3) is 90.9 Å². The van der Waals surface area contributed by atoms with Crippen molar-refractivity contribution in [3.63, 3.8) is 0 Å². The van der Waals surface area contributed by atoms with E-state index in [9.17, 15) is 20.4 Å². The zero-order chi connectivity index (χ0) is 41.0. The van der Waals surface area contributed by atoms with E-state index in [1.807, 2.05) is 97.1 Å². The number of H-pyrrole nitrogens is 2. The Kier molecular flexibility index (Phi) is 11.0. The van der Waals surface area contributed by atoms with Gasteiger partial charge in [0, 0.05) is 144 Å². The fraction of sp³-hybridized carbons (Fsp3) is 0.167. The first-order valence-corrected chi connectivity index (χ1v) is 19.9. The molecule has 9 rings (SSSR count). The van der Waals surface area contributed by atoms with Gasteiger partial charge in [0.25, 0.3) is 0 Å². The molecule has 0 unspecified atom stereocenters. The summed E-state index contributed by atoms with van der Waals surface area (Å²) in [6.45, 7) is -0.114. The highest BCUT2D eigenvalue weighted by molar-refractivity contribution is 5.99. The molecule has 0 fully saturated rings. The lowest BCUT2D eigenvalue weighted by molar-refractivity contribution is 0.298. The summed E-state index contributed by atoms with van der Waals surface area (Å²) < 4.78 is 0. The normalized spacial score (nSPS) is 12.1. The monoisotopic (exact) mass is 794 g/mol. The minimum atomic E-state index is -0.0286. The van der Waals surface area contributed by atoms with Crippen LogP contribution in [0.1, 0.15) is 45.6 Å². The predicted molar refractivity (Wildman–Crippen MR) is 235 cm³/mol. The van der Waals surface area contributed by atoms with E-state index in [1.54, 1.807) is 24.8 Å². The van der Waals surface area contributed by atoms with E-state index >= 15 is 0 Å². The van der Waals surface area contributed by atoms with Crippen LogP contribution in [0.5, 0.6) is 0 Å². The fourth-order valence-corrected chi connectivity index (χ4v) is 7.96. The van der Waals surface area contributed by atoms with Crippen LogP contribution in [0.3, 0.4) is 0 Å². The molecular formula is C48H42N8O4. The van der Waals surface area contributed by atoms with Gasteiger partial charge in [-0.25, -0.2) is 9.97 Å². The molecule has 0 atom stereocenters. The summed E-state index contributed by atoms with van der Waals surface area (Å²) in [5.41, 5.74) is 16.1. The zero-order valence-electron chi connectivity index (χ0n) is 32.7. The molecule has 8 bridgehead atoms. The molecule has 0 aromatic carbocycles. The number of fused-ring (bicyclic) bond motifs is 8. The van der Waals surface area contributed by atoms with Crippen LogP contribution in [0.4, 0.5) is 0 Å². The molecule has 60 heavy (non-hydrogen) atoms. The summed E-state index contributed by atoms with van der Waals surface area (Å²) in [5, 5.41) is 39.3. The molecule has 0 spiro atoms. The summed E-state index contributed by atoms with van der Waals surface area (Å²) in [6, 6.07) is 24.0. The van der Waals surface area contributed by atoms with Gasteiger partial charge in [-0.2, -0.15) is 0 Å². The van der Waals surface area contributed by atoms with Crippen LogP contribution in [-0.4, -0.2) is 86.7 Å². The van der Waals surface area contributed by atoms with Crippen molar-refractivity contribution < 1.29 is 20.4 Å². The van der Waals surface area contributed by atoms with Gasteiger partial charge in [0.2, 0.25) is 0 Å². The molecule has 12 nitrogen and oxygen atoms in total. The molecule has 7 aromatic heterocycles. The molecule has 0 amide bonds. The molecule has 0 radical (unpaired) electrons. The zero-order valence-corrected chi connectivity index (χ0v) is 32.7. The topological polar surface area (TPSA) is 190 Å². The number of rotatable bonds is 12. The largest absolute Gasteiger partial charge is 0.396 e. The number of aliphatic hydroxyl groups is 4. The number of hydrogen-bond donors (Lipinski definition) is 6. The maximum absolute atomic E-state index is 9.82. The quantitative estimate of drug-likeness (QED) is 0.0748. The number of nitrogens with zero attached hydrogens (tertiary/aromatic N) is 6. The van der Waals surface area contributed by atoms with Gasteiger partial charge in [-0.1, -0.05) is 0 Å². The van der Waals surface area contributed by atoms with E-state index in [-0.39, 0.29) is 26.4 Å². The average molecular weight is 795 g/mol. The van der Waals surface area contributed by atoms with Crippen LogP contribution in [0.2, 0.25) is 0 Å². The Balaban J connectivity index is 1.44. The maximum atomic E-state index is 9.82. The Labute approximate surface area is 345 Å². The Morgan fingerprint density at radius 1 is 0.350 bits per heavy atom. The highest BCUT2D eigenvalue weighted by atomic mass is 16.3. The second-order valence-corrected chi connectivity index (χ2v) is 14.5. The van der Waals surface area contributed by atoms with Gasteiger partial charge in [-0.3, -0.25) is 19.9 Å². The van der Waals surface area contributed by atoms with Crippen molar-refractivity contribution in [3.05, 3.63) is 143 Å². The summed E-state index contributed by atoms with van der Waals surface area (Å²) in [4.78, 5) is 36.3. The molecule has 0 aliphatic carbocycles. The van der Waals surface area contributed by atoms with Gasteiger partial charge in [0.05, 0.1) is 22.8 Å². The van der Waals surface area contributed by atoms with E-state index in [1.165, 1.54) is 0 Å². The Hall–Kier alpha value is -6.96. The molecule has 2 aliphatic heterocycles. The third-order valence-electron chi connectivity index (χ3n) is 10.6. The van der Waals surface area contributed by atoms with Gasteiger partial charge in [0.15, 0.2) is 0 Å². The van der Waals surface area contributed by atoms with Crippen LogP contribution in [0, 0.1) is 0 Å². The highest BCUT2D eigenvalue weighted by Crippen LogP contribution is 2.38. The first-order valence-electron chi connectivity index (χ1n) is 19.9. The minimum absolute atomic E-state index is 0.0286. The average Bonchev–Trinajstić information content (AvgIpc) is 4.10. The summed E-state index contributed by atoms with van der Waals surface area (Å²) in [5.74, 6) is 0. The van der Waals surface area contributed by atoms with Crippen LogP contribution < -0.4 is 0 Å². The minimum Gasteiger partial charge on any atom is -0.396 e. The molecule has 2 aliphatic rings. The molecule has 298 valence electrons. The predicted octanol–water partition coefficient (Wildman–Crippen LogP) is 7.04. The Morgan fingerprint density at radius 2 is 0.600 bits per heavy atom. The van der Waals surface area contributed by atoms with Crippen molar-refractivity contribution >= 4 is 46.4 Å². The van der Waals surface area contributed by atoms with Crippen LogP contribution >= 0.6 is 0 Å². The van der Waals surface area contributed by atoms with Crippen molar-refractivity contribution in [2.24, 2.45) is 0 Å². The van der Waals surface area contributed by atoms with E-state index in [0.29, 0.717) is 25.7 Å². The van der Waals surface area contributed by atoms with Gasteiger partial charge in [-0.05, 0) is 119 Å². The van der Waals surface area contributed by atoms with Crippen molar-refractivity contribution in [1.29, 1.82) is 0 Å². The molecule has 6 N–H and O–H groups in total. The standard InChI is InChI=1S/C48H42N8O4/c57-21-13-33-25-29(9-17-49-33)45-37-1-2-38(53-37)46(30-10-18-50-34(26-30)14-22-58)40-5-6-42(55-40)48(32-12-20-52-36(28-32)16-24-60)44-8-7-43(56-44)47(41-4-3-39(45)54-41)31-11-19-51-35(27-31)15-23-59/h1-12,17-20,25-28,53,56-60H,13-16,21-24H2. The summed E-state index contributed by atoms with van der Waals surface area (Å²) in [7, 11) is 0. The van der Waals surface area contributed by atoms with Crippen molar-refractivity contribution in [1.82, 2.24) is 39.9 Å². The van der Waals surface area contributed by atoms with E-state index in [2.05, 4.69) is 29.9 Å². The van der Waals surface area contributed by atoms with Crippen molar-refractivity contribution in [2.75, 3.05) is 26.4 Å². The van der Waals surface area contributed by atoms with Gasteiger partial charge in [0.1, 0.15) is 0 Å². The molecule has 0 saturated heterocycles. The smallest absolute Gasteiger partial charge is 0.0737 e. The van der Waals surface area contributed by atoms with Crippen molar-refractivity contribution in [2.45, 2.75) is 25.7 Å². The summed E-state index contributed by atoms with van der Waals surface area (Å²) in [6.07, 6.45) is 16.7. The second kappa shape index (κ2) is 17.1. The van der Waals surface area contributed by atoms with E-state index in [0.717, 1.165) is 112 Å². The number of nitrogens with one attached hydrogen (secondary N) is 2. The molecule has 7 aromatic rings. The number of pyridine rings is 4. The molecular weight excluding hydrogens is 753 g/mol. The first kappa shape index (κ1) is 38.6. The molecule has 0 saturated carbocycles. The van der Waals surface area contributed by atoms with Crippen LogP contribution in [0.15, 0.2) is 97.6 Å². The van der Waals surface area contributed by atoms with Crippen LogP contribution in [-0.2, 0) is 25.7 Å². The fourth-order valence-electron chi connectivity index (χ4n) is 7.96. The Morgan fingerprint density at radius 3 is 0.833 bits per heavy atom. The number of aromatic nitrogens is 8. The maximum Gasteiger partial charge on any atom is 0.0737 e. The first-order chi connectivity index (χ1) is 29.5. The van der Waals surface area contributed by atoms with E-state index < -0.39 is 0 Å². The van der Waals surface area contributed by atoms with Crippen molar-refractivity contribution in [3.8, 4) is 44.5 Å². The molecule has 9 heterocycles. The number of aliphatic hydroxyl groups excluding tert-OH is 4. The van der Waals surface area contributed by atoms with Gasteiger partial charge >= 0.3 is 0 Å². The lowest BCUT2D eigenvalue weighted by Crippen LogP contribution is -1.96. The number of hydrogen-bond acceptors (Lipinski definition) is 10. The Bertz CT molecular complexity index is 2580. The highest BCUT2D eigenvalue weighted by Gasteiger charge is 2.20.